The lowest BCUT2D eigenvalue weighted by Crippen LogP contribution is -2.14. The third-order valence-electron chi connectivity index (χ3n) is 4.04. The van der Waals surface area contributed by atoms with E-state index in [2.05, 4.69) is 31.0 Å². The van der Waals surface area contributed by atoms with Gasteiger partial charge in [-0.25, -0.2) is 0 Å². The highest BCUT2D eigenvalue weighted by molar-refractivity contribution is 7.16. The second kappa shape index (κ2) is 6.13. The number of carbonyl (C=O) groups is 1. The van der Waals surface area contributed by atoms with Gasteiger partial charge in [-0.05, 0) is 37.5 Å². The van der Waals surface area contributed by atoms with E-state index in [1.165, 1.54) is 21.4 Å². The average molecular weight is 324 g/mol. The summed E-state index contributed by atoms with van der Waals surface area (Å²) in [6.45, 7) is 6.22. The van der Waals surface area contributed by atoms with Gasteiger partial charge in [-0.2, -0.15) is 4.99 Å². The van der Waals surface area contributed by atoms with Crippen molar-refractivity contribution in [1.29, 1.82) is 0 Å². The molecule has 23 heavy (non-hydrogen) atoms. The molecule has 0 saturated carbocycles. The van der Waals surface area contributed by atoms with Gasteiger partial charge in [-0.1, -0.05) is 53.3 Å². The van der Waals surface area contributed by atoms with Crippen LogP contribution in [0.25, 0.3) is 10.2 Å². The van der Waals surface area contributed by atoms with Gasteiger partial charge >= 0.3 is 0 Å². The van der Waals surface area contributed by atoms with Crippen molar-refractivity contribution in [2.24, 2.45) is 12.0 Å². The molecule has 0 radical (unpaired) electrons. The Morgan fingerprint density at radius 3 is 2.35 bits per heavy atom. The van der Waals surface area contributed by atoms with Crippen LogP contribution in [0.5, 0.6) is 0 Å². The van der Waals surface area contributed by atoms with E-state index in [-0.39, 0.29) is 5.91 Å². The van der Waals surface area contributed by atoms with Crippen molar-refractivity contribution in [3.8, 4) is 0 Å². The summed E-state index contributed by atoms with van der Waals surface area (Å²) >= 11 is 1.58. The minimum atomic E-state index is -0.105. The quantitative estimate of drug-likeness (QED) is 0.705. The largest absolute Gasteiger partial charge is 0.319 e. The number of rotatable bonds is 2. The summed E-state index contributed by atoms with van der Waals surface area (Å²) in [4.78, 5) is 17.4. The van der Waals surface area contributed by atoms with Gasteiger partial charge in [-0.3, -0.25) is 4.79 Å². The second-order valence-electron chi connectivity index (χ2n) is 5.99. The first-order chi connectivity index (χ1) is 11.0. The van der Waals surface area contributed by atoms with E-state index in [1.54, 1.807) is 11.3 Å². The molecule has 0 aliphatic heterocycles. The summed E-state index contributed by atoms with van der Waals surface area (Å²) in [7, 11) is 1.98. The molecule has 118 valence electrons. The van der Waals surface area contributed by atoms with Crippen LogP contribution >= 0.6 is 11.3 Å². The van der Waals surface area contributed by atoms with E-state index in [9.17, 15) is 4.79 Å². The molecule has 3 nitrogen and oxygen atoms in total. The highest BCUT2D eigenvalue weighted by Crippen LogP contribution is 2.24. The Hall–Kier alpha value is -2.20. The molecule has 1 amide bonds. The van der Waals surface area contributed by atoms with Crippen LogP contribution in [-0.4, -0.2) is 10.5 Å². The number of amides is 1. The minimum absolute atomic E-state index is 0.105. The topological polar surface area (TPSA) is 34.4 Å². The molecule has 0 atom stereocenters. The van der Waals surface area contributed by atoms with Crippen LogP contribution in [0, 0.1) is 20.8 Å². The van der Waals surface area contributed by atoms with Gasteiger partial charge in [0.05, 0.1) is 16.6 Å². The van der Waals surface area contributed by atoms with Crippen molar-refractivity contribution in [3.05, 3.63) is 63.5 Å². The standard InChI is InChI=1S/C19H20N2OS/c1-12-5-9-15(10-6-12)11-16(22)20-19-21(4)17-13(2)7-8-14(3)18(17)23-19/h5-10H,11H2,1-4H3. The van der Waals surface area contributed by atoms with Crippen LogP contribution < -0.4 is 4.80 Å². The normalized spacial score (nSPS) is 12.1. The summed E-state index contributed by atoms with van der Waals surface area (Å²) in [5, 5.41) is 0. The first kappa shape index (κ1) is 15.7. The van der Waals surface area contributed by atoms with E-state index in [0.29, 0.717) is 6.42 Å². The number of benzene rings is 2. The summed E-state index contributed by atoms with van der Waals surface area (Å²) in [5.74, 6) is -0.105. The molecule has 3 rings (SSSR count). The number of hydrogen-bond donors (Lipinski definition) is 0. The number of thiazole rings is 1. The predicted octanol–water partition coefficient (Wildman–Crippen LogP) is 3.84. The lowest BCUT2D eigenvalue weighted by atomic mass is 10.1. The number of fused-ring (bicyclic) bond motifs is 1. The molecular formula is C19H20N2OS. The monoisotopic (exact) mass is 324 g/mol. The Balaban J connectivity index is 1.99. The molecule has 0 saturated heterocycles. The molecule has 0 aliphatic rings. The zero-order valence-corrected chi connectivity index (χ0v) is 14.7. The highest BCUT2D eigenvalue weighted by atomic mass is 32.1. The maximum Gasteiger partial charge on any atom is 0.252 e. The highest BCUT2D eigenvalue weighted by Gasteiger charge is 2.09. The van der Waals surface area contributed by atoms with Gasteiger partial charge in [-0.15, -0.1) is 0 Å². The van der Waals surface area contributed by atoms with Crippen LogP contribution in [0.2, 0.25) is 0 Å². The number of aromatic nitrogens is 1. The lowest BCUT2D eigenvalue weighted by molar-refractivity contribution is -0.117. The molecule has 0 N–H and O–H groups in total. The second-order valence-corrected chi connectivity index (χ2v) is 6.97. The average Bonchev–Trinajstić information content (AvgIpc) is 2.84. The van der Waals surface area contributed by atoms with Gasteiger partial charge in [0.2, 0.25) is 0 Å². The Morgan fingerprint density at radius 1 is 1.04 bits per heavy atom. The van der Waals surface area contributed by atoms with E-state index in [4.69, 9.17) is 0 Å². The minimum Gasteiger partial charge on any atom is -0.319 e. The summed E-state index contributed by atoms with van der Waals surface area (Å²) in [6, 6.07) is 12.3. The lowest BCUT2D eigenvalue weighted by Gasteiger charge is -2.01. The summed E-state index contributed by atoms with van der Waals surface area (Å²) in [5.41, 5.74) is 5.78. The van der Waals surface area contributed by atoms with Gasteiger partial charge in [0.15, 0.2) is 4.80 Å². The molecule has 0 bridgehead atoms. The molecule has 0 unspecified atom stereocenters. The van der Waals surface area contributed by atoms with E-state index < -0.39 is 0 Å². The van der Waals surface area contributed by atoms with Gasteiger partial charge in [0.1, 0.15) is 0 Å². The maximum atomic E-state index is 12.3. The van der Waals surface area contributed by atoms with Crippen molar-refractivity contribution < 1.29 is 4.79 Å². The molecule has 1 heterocycles. The Labute approximate surface area is 139 Å². The molecule has 4 heteroatoms. The molecular weight excluding hydrogens is 304 g/mol. The van der Waals surface area contributed by atoms with Crippen molar-refractivity contribution in [2.75, 3.05) is 0 Å². The fraction of sp³-hybridized carbons (Fsp3) is 0.263. The van der Waals surface area contributed by atoms with Crippen molar-refractivity contribution in [3.63, 3.8) is 0 Å². The fourth-order valence-corrected chi connectivity index (χ4v) is 3.88. The molecule has 0 aliphatic carbocycles. The van der Waals surface area contributed by atoms with Crippen molar-refractivity contribution >= 4 is 27.5 Å². The number of hydrogen-bond acceptors (Lipinski definition) is 2. The van der Waals surface area contributed by atoms with Gasteiger partial charge in [0, 0.05) is 7.05 Å². The van der Waals surface area contributed by atoms with Crippen LogP contribution in [0.3, 0.4) is 0 Å². The van der Waals surface area contributed by atoms with Crippen LogP contribution in [0.4, 0.5) is 0 Å². The third kappa shape index (κ3) is 3.13. The zero-order valence-electron chi connectivity index (χ0n) is 13.9. The number of carbonyl (C=O) groups excluding carboxylic acids is 1. The molecule has 1 aromatic heterocycles. The predicted molar refractivity (Wildman–Crippen MR) is 95.7 cm³/mol. The Bertz CT molecular complexity index is 946. The fourth-order valence-electron chi connectivity index (χ4n) is 2.70. The van der Waals surface area contributed by atoms with Crippen molar-refractivity contribution in [2.45, 2.75) is 27.2 Å². The molecule has 0 fully saturated rings. The van der Waals surface area contributed by atoms with Gasteiger partial charge < -0.3 is 4.57 Å². The third-order valence-corrected chi connectivity index (χ3v) is 5.31. The number of aryl methyl sites for hydroxylation is 4. The van der Waals surface area contributed by atoms with E-state index in [1.807, 2.05) is 42.8 Å². The van der Waals surface area contributed by atoms with E-state index >= 15 is 0 Å². The summed E-state index contributed by atoms with van der Waals surface area (Å²) in [6.07, 6.45) is 0.340. The first-order valence-electron chi connectivity index (χ1n) is 7.64. The zero-order chi connectivity index (χ0) is 16.6. The maximum absolute atomic E-state index is 12.3. The van der Waals surface area contributed by atoms with Gasteiger partial charge in [0.25, 0.3) is 5.91 Å². The number of nitrogens with zero attached hydrogens (tertiary/aromatic N) is 2. The van der Waals surface area contributed by atoms with Crippen LogP contribution in [0.15, 0.2) is 41.4 Å². The Kier molecular flexibility index (Phi) is 4.18. The SMILES string of the molecule is Cc1ccc(CC(=O)N=c2sc3c(C)ccc(C)c3n2C)cc1. The molecule has 2 aromatic carbocycles. The molecule has 0 spiro atoms. The smallest absolute Gasteiger partial charge is 0.252 e. The van der Waals surface area contributed by atoms with Crippen LogP contribution in [-0.2, 0) is 18.3 Å². The first-order valence-corrected chi connectivity index (χ1v) is 8.46. The summed E-state index contributed by atoms with van der Waals surface area (Å²) < 4.78 is 3.23. The van der Waals surface area contributed by atoms with Crippen molar-refractivity contribution in [1.82, 2.24) is 4.57 Å². The molecule has 3 aromatic rings. The van der Waals surface area contributed by atoms with E-state index in [0.717, 1.165) is 15.9 Å². The van der Waals surface area contributed by atoms with Crippen LogP contribution in [0.1, 0.15) is 22.3 Å². The Morgan fingerprint density at radius 2 is 1.70 bits per heavy atom.